The van der Waals surface area contributed by atoms with Gasteiger partial charge in [0, 0.05) is 10.6 Å². The molecule has 0 atom stereocenters. The summed E-state index contributed by atoms with van der Waals surface area (Å²) in [5.41, 5.74) is 3.35. The molecule has 0 saturated heterocycles. The zero-order chi connectivity index (χ0) is 16.2. The highest BCUT2D eigenvalue weighted by atomic mass is 35.5. The number of carbonyl (C=O) groups is 1. The number of hydrogen-bond donors (Lipinski definition) is 1. The van der Waals surface area contributed by atoms with Gasteiger partial charge in [-0.1, -0.05) is 48.0 Å². The maximum atomic E-state index is 12.0. The van der Waals surface area contributed by atoms with Gasteiger partial charge < -0.3 is 4.74 Å². The van der Waals surface area contributed by atoms with Crippen molar-refractivity contribution < 1.29 is 9.53 Å². The first kappa shape index (κ1) is 15.2. The van der Waals surface area contributed by atoms with Crippen molar-refractivity contribution in [3.8, 4) is 22.4 Å². The summed E-state index contributed by atoms with van der Waals surface area (Å²) in [6, 6.07) is 15.2. The number of carbonyl (C=O) groups excluding carboxylic acids is 1. The molecule has 3 aromatic rings. The molecule has 0 radical (unpaired) electrons. The number of benzene rings is 2. The lowest BCUT2D eigenvalue weighted by Crippen LogP contribution is -2.07. The predicted octanol–water partition coefficient (Wildman–Crippen LogP) is 3.97. The number of H-pyrrole nitrogens is 1. The standard InChI is InChI=1S/C17H14ClN3O2/c1-2-23-17(22)16-15(19-21-20-16)14-6-4-3-5-13(14)11-7-9-12(18)10-8-11/h3-10H,2H2,1H3,(H,19,20,21). The summed E-state index contributed by atoms with van der Waals surface area (Å²) in [5, 5.41) is 11.2. The molecule has 1 N–H and O–H groups in total. The van der Waals surface area contributed by atoms with Crippen LogP contribution in [0.2, 0.25) is 5.02 Å². The highest BCUT2D eigenvalue weighted by Gasteiger charge is 2.21. The van der Waals surface area contributed by atoms with Gasteiger partial charge in [-0.15, -0.1) is 5.10 Å². The Hall–Kier alpha value is -2.66. The molecule has 0 amide bonds. The smallest absolute Gasteiger partial charge is 0.361 e. The first-order valence-electron chi connectivity index (χ1n) is 7.14. The molecule has 23 heavy (non-hydrogen) atoms. The fourth-order valence-electron chi connectivity index (χ4n) is 2.33. The molecule has 0 unspecified atom stereocenters. The lowest BCUT2D eigenvalue weighted by Gasteiger charge is -2.09. The van der Waals surface area contributed by atoms with E-state index in [9.17, 15) is 4.79 Å². The molecular formula is C17H14ClN3O2. The van der Waals surface area contributed by atoms with E-state index in [0.29, 0.717) is 10.7 Å². The van der Waals surface area contributed by atoms with E-state index in [4.69, 9.17) is 16.3 Å². The number of nitrogens with zero attached hydrogens (tertiary/aromatic N) is 2. The topological polar surface area (TPSA) is 67.9 Å². The van der Waals surface area contributed by atoms with Crippen LogP contribution in [-0.4, -0.2) is 28.0 Å². The van der Waals surface area contributed by atoms with Crippen molar-refractivity contribution in [1.29, 1.82) is 0 Å². The summed E-state index contributed by atoms with van der Waals surface area (Å²) in [6.45, 7) is 2.03. The van der Waals surface area contributed by atoms with Crippen LogP contribution < -0.4 is 0 Å². The van der Waals surface area contributed by atoms with Crippen LogP contribution in [0.4, 0.5) is 0 Å². The van der Waals surface area contributed by atoms with Gasteiger partial charge in [-0.2, -0.15) is 10.3 Å². The molecule has 1 heterocycles. The molecular weight excluding hydrogens is 314 g/mol. The summed E-state index contributed by atoms with van der Waals surface area (Å²) in [6.07, 6.45) is 0. The van der Waals surface area contributed by atoms with Gasteiger partial charge in [0.1, 0.15) is 5.69 Å². The van der Waals surface area contributed by atoms with Crippen molar-refractivity contribution in [1.82, 2.24) is 15.4 Å². The van der Waals surface area contributed by atoms with Crippen molar-refractivity contribution in [2.24, 2.45) is 0 Å². The Kier molecular flexibility index (Phi) is 4.39. The Morgan fingerprint density at radius 2 is 1.78 bits per heavy atom. The molecule has 0 aliphatic rings. The van der Waals surface area contributed by atoms with Crippen molar-refractivity contribution in [2.75, 3.05) is 6.61 Å². The third kappa shape index (κ3) is 3.10. The monoisotopic (exact) mass is 327 g/mol. The lowest BCUT2D eigenvalue weighted by atomic mass is 9.97. The second-order valence-corrected chi connectivity index (χ2v) is 5.23. The van der Waals surface area contributed by atoms with Crippen molar-refractivity contribution >= 4 is 17.6 Å². The maximum absolute atomic E-state index is 12.0. The average molecular weight is 328 g/mol. The second-order valence-electron chi connectivity index (χ2n) is 4.79. The van der Waals surface area contributed by atoms with Gasteiger partial charge in [0.05, 0.1) is 6.61 Å². The van der Waals surface area contributed by atoms with Crippen molar-refractivity contribution in [3.63, 3.8) is 0 Å². The summed E-state index contributed by atoms with van der Waals surface area (Å²) in [7, 11) is 0. The van der Waals surface area contributed by atoms with E-state index in [1.54, 1.807) is 6.92 Å². The summed E-state index contributed by atoms with van der Waals surface area (Å²) < 4.78 is 5.03. The number of rotatable bonds is 4. The highest BCUT2D eigenvalue weighted by molar-refractivity contribution is 6.30. The molecule has 0 spiro atoms. The van der Waals surface area contributed by atoms with E-state index in [2.05, 4.69) is 15.4 Å². The number of esters is 1. The van der Waals surface area contributed by atoms with Crippen LogP contribution in [-0.2, 0) is 4.74 Å². The van der Waals surface area contributed by atoms with Crippen LogP contribution in [0, 0.1) is 0 Å². The third-order valence-electron chi connectivity index (χ3n) is 3.35. The molecule has 1 aromatic heterocycles. The molecule has 5 nitrogen and oxygen atoms in total. The SMILES string of the molecule is CCOC(=O)c1n[nH]nc1-c1ccccc1-c1ccc(Cl)cc1. The van der Waals surface area contributed by atoms with E-state index >= 15 is 0 Å². The van der Waals surface area contributed by atoms with Crippen molar-refractivity contribution in [2.45, 2.75) is 6.92 Å². The summed E-state index contributed by atoms with van der Waals surface area (Å²) >= 11 is 5.95. The van der Waals surface area contributed by atoms with Gasteiger partial charge in [0.25, 0.3) is 0 Å². The number of halogens is 1. The highest BCUT2D eigenvalue weighted by Crippen LogP contribution is 2.32. The van der Waals surface area contributed by atoms with E-state index in [1.165, 1.54) is 0 Å². The average Bonchev–Trinajstić information content (AvgIpc) is 3.05. The Bertz CT molecular complexity index is 828. The molecule has 3 rings (SSSR count). The van der Waals surface area contributed by atoms with Gasteiger partial charge in [-0.3, -0.25) is 0 Å². The fourth-order valence-corrected chi connectivity index (χ4v) is 2.46. The Morgan fingerprint density at radius 3 is 2.48 bits per heavy atom. The Morgan fingerprint density at radius 1 is 1.09 bits per heavy atom. The minimum atomic E-state index is -0.498. The fraction of sp³-hybridized carbons (Fsp3) is 0.118. The van der Waals surface area contributed by atoms with Crippen LogP contribution in [0.3, 0.4) is 0 Å². The molecule has 0 aliphatic heterocycles. The second kappa shape index (κ2) is 6.62. The van der Waals surface area contributed by atoms with Gasteiger partial charge in [-0.25, -0.2) is 4.79 Å². The first-order chi connectivity index (χ1) is 11.2. The minimum Gasteiger partial charge on any atom is -0.461 e. The van der Waals surface area contributed by atoms with Crippen LogP contribution in [0.15, 0.2) is 48.5 Å². The number of aromatic nitrogens is 3. The normalized spacial score (nSPS) is 10.5. The van der Waals surface area contributed by atoms with E-state index in [-0.39, 0.29) is 12.3 Å². The third-order valence-corrected chi connectivity index (χ3v) is 3.61. The predicted molar refractivity (Wildman–Crippen MR) is 88.2 cm³/mol. The zero-order valence-corrected chi connectivity index (χ0v) is 13.2. The number of nitrogens with one attached hydrogen (secondary N) is 1. The quantitative estimate of drug-likeness (QED) is 0.736. The van der Waals surface area contributed by atoms with Gasteiger partial charge in [-0.05, 0) is 30.2 Å². The van der Waals surface area contributed by atoms with Crippen LogP contribution in [0.5, 0.6) is 0 Å². The summed E-state index contributed by atoms with van der Waals surface area (Å²) in [4.78, 5) is 12.0. The molecule has 6 heteroatoms. The molecule has 0 saturated carbocycles. The van der Waals surface area contributed by atoms with Crippen LogP contribution in [0.1, 0.15) is 17.4 Å². The molecule has 0 fully saturated rings. The largest absolute Gasteiger partial charge is 0.461 e. The van der Waals surface area contributed by atoms with Gasteiger partial charge >= 0.3 is 5.97 Å². The van der Waals surface area contributed by atoms with Crippen molar-refractivity contribution in [3.05, 3.63) is 59.2 Å². The number of ether oxygens (including phenoxy) is 1. The first-order valence-corrected chi connectivity index (χ1v) is 7.51. The molecule has 116 valence electrons. The lowest BCUT2D eigenvalue weighted by molar-refractivity contribution is 0.0520. The zero-order valence-electron chi connectivity index (χ0n) is 12.4. The maximum Gasteiger partial charge on any atom is 0.361 e. The van der Waals surface area contributed by atoms with E-state index < -0.39 is 5.97 Å². The van der Waals surface area contributed by atoms with Crippen LogP contribution in [0.25, 0.3) is 22.4 Å². The Labute approximate surface area is 138 Å². The van der Waals surface area contributed by atoms with Gasteiger partial charge in [0.2, 0.25) is 0 Å². The minimum absolute atomic E-state index is 0.174. The molecule has 0 aliphatic carbocycles. The summed E-state index contributed by atoms with van der Waals surface area (Å²) in [5.74, 6) is -0.498. The Balaban J connectivity index is 2.10. The van der Waals surface area contributed by atoms with E-state index in [1.807, 2.05) is 48.5 Å². The number of hydrogen-bond acceptors (Lipinski definition) is 4. The van der Waals surface area contributed by atoms with Gasteiger partial charge in [0.15, 0.2) is 5.69 Å². The van der Waals surface area contributed by atoms with E-state index in [0.717, 1.165) is 16.7 Å². The molecule has 2 aromatic carbocycles. The molecule has 0 bridgehead atoms. The van der Waals surface area contributed by atoms with Crippen LogP contribution >= 0.6 is 11.6 Å². The number of aromatic amines is 1.